The summed E-state index contributed by atoms with van der Waals surface area (Å²) in [4.78, 5) is 12.1. The third-order valence-corrected chi connectivity index (χ3v) is 5.18. The summed E-state index contributed by atoms with van der Waals surface area (Å²) in [5.41, 5.74) is 11.4. The van der Waals surface area contributed by atoms with Crippen LogP contribution in [0.1, 0.15) is 23.7 Å². The monoisotopic (exact) mass is 384 g/mol. The fourth-order valence-electron chi connectivity index (χ4n) is 3.62. The minimum Gasteiger partial charge on any atom is -0.325 e. The molecule has 2 aromatic heterocycles. The van der Waals surface area contributed by atoms with Crippen molar-refractivity contribution >= 4 is 10.8 Å². The Hall–Kier alpha value is -3.76. The van der Waals surface area contributed by atoms with Crippen LogP contribution in [0.3, 0.4) is 0 Å². The molecule has 0 aliphatic carbocycles. The maximum atomic E-state index is 12.1. The number of hydrogen-bond acceptors (Lipinski definition) is 5. The quantitative estimate of drug-likeness (QED) is 0.562. The molecule has 0 atom stereocenters. The highest BCUT2D eigenvalue weighted by Crippen LogP contribution is 2.35. The van der Waals surface area contributed by atoms with Gasteiger partial charge >= 0.3 is 0 Å². The third-order valence-electron chi connectivity index (χ3n) is 5.18. The Morgan fingerprint density at radius 3 is 2.72 bits per heavy atom. The van der Waals surface area contributed by atoms with Crippen LogP contribution in [0.25, 0.3) is 33.2 Å². The SMILES string of the molecule is CCc1ccc(C#N)c(-c2c(-c3ccc4c(=O)[nH]nc(CN)c4c3)cnn2C)c1. The van der Waals surface area contributed by atoms with Crippen LogP contribution in [-0.4, -0.2) is 20.0 Å². The summed E-state index contributed by atoms with van der Waals surface area (Å²) in [7, 11) is 1.86. The molecule has 7 heteroatoms. The lowest BCUT2D eigenvalue weighted by Gasteiger charge is -2.11. The van der Waals surface area contributed by atoms with Gasteiger partial charge in [-0.1, -0.05) is 19.1 Å². The second-order valence-electron chi connectivity index (χ2n) is 6.84. The molecule has 29 heavy (non-hydrogen) atoms. The third kappa shape index (κ3) is 3.10. The van der Waals surface area contributed by atoms with Gasteiger partial charge in [-0.2, -0.15) is 15.5 Å². The Kier molecular flexibility index (Phi) is 4.71. The summed E-state index contributed by atoms with van der Waals surface area (Å²) in [5.74, 6) is 0. The van der Waals surface area contributed by atoms with Crippen molar-refractivity contribution in [1.29, 1.82) is 5.26 Å². The van der Waals surface area contributed by atoms with Gasteiger partial charge in [-0.15, -0.1) is 0 Å². The molecule has 4 aromatic rings. The van der Waals surface area contributed by atoms with Crippen molar-refractivity contribution in [2.45, 2.75) is 19.9 Å². The molecular weight excluding hydrogens is 364 g/mol. The molecule has 0 unspecified atom stereocenters. The fourth-order valence-corrected chi connectivity index (χ4v) is 3.62. The number of benzene rings is 2. The molecule has 0 fully saturated rings. The van der Waals surface area contributed by atoms with E-state index in [0.717, 1.165) is 34.4 Å². The average molecular weight is 384 g/mol. The minimum absolute atomic E-state index is 0.216. The zero-order valence-electron chi connectivity index (χ0n) is 16.2. The van der Waals surface area contributed by atoms with Gasteiger partial charge in [0.1, 0.15) is 0 Å². The van der Waals surface area contributed by atoms with E-state index in [9.17, 15) is 10.1 Å². The number of aromatic nitrogens is 4. The van der Waals surface area contributed by atoms with Crippen LogP contribution in [0, 0.1) is 11.3 Å². The zero-order valence-corrected chi connectivity index (χ0v) is 16.2. The van der Waals surface area contributed by atoms with Gasteiger partial charge in [-0.25, -0.2) is 5.10 Å². The predicted molar refractivity (Wildman–Crippen MR) is 112 cm³/mol. The van der Waals surface area contributed by atoms with Crippen molar-refractivity contribution in [1.82, 2.24) is 20.0 Å². The molecule has 2 aromatic carbocycles. The lowest BCUT2D eigenvalue weighted by molar-refractivity contribution is 0.775. The molecule has 3 N–H and O–H groups in total. The van der Waals surface area contributed by atoms with Crippen LogP contribution in [0.5, 0.6) is 0 Å². The van der Waals surface area contributed by atoms with Crippen molar-refractivity contribution in [3.63, 3.8) is 0 Å². The summed E-state index contributed by atoms with van der Waals surface area (Å²) >= 11 is 0. The molecular formula is C22H20N6O. The fraction of sp³-hybridized carbons (Fsp3) is 0.182. The summed E-state index contributed by atoms with van der Waals surface area (Å²) < 4.78 is 1.77. The van der Waals surface area contributed by atoms with E-state index in [1.807, 2.05) is 37.4 Å². The molecule has 7 nitrogen and oxygen atoms in total. The van der Waals surface area contributed by atoms with E-state index in [-0.39, 0.29) is 12.1 Å². The van der Waals surface area contributed by atoms with Gasteiger partial charge in [0.15, 0.2) is 0 Å². The second-order valence-corrected chi connectivity index (χ2v) is 6.84. The normalized spacial score (nSPS) is 11.0. The van der Waals surface area contributed by atoms with Crippen LogP contribution in [0.4, 0.5) is 0 Å². The first-order valence-corrected chi connectivity index (χ1v) is 9.34. The minimum atomic E-state index is -0.252. The molecule has 0 aliphatic rings. The Morgan fingerprint density at radius 2 is 2.00 bits per heavy atom. The van der Waals surface area contributed by atoms with Crippen LogP contribution in [0.15, 0.2) is 47.4 Å². The highest BCUT2D eigenvalue weighted by atomic mass is 16.1. The zero-order chi connectivity index (χ0) is 20.5. The van der Waals surface area contributed by atoms with E-state index in [4.69, 9.17) is 5.73 Å². The Labute approximate surface area is 167 Å². The number of H-pyrrole nitrogens is 1. The molecule has 144 valence electrons. The van der Waals surface area contributed by atoms with Crippen LogP contribution >= 0.6 is 0 Å². The van der Waals surface area contributed by atoms with Gasteiger partial charge in [-0.3, -0.25) is 9.48 Å². The van der Waals surface area contributed by atoms with E-state index in [1.54, 1.807) is 16.9 Å². The number of nitriles is 1. The number of aromatic amines is 1. The average Bonchev–Trinajstić information content (AvgIpc) is 3.14. The number of hydrogen-bond donors (Lipinski definition) is 2. The molecule has 0 bridgehead atoms. The molecule has 0 radical (unpaired) electrons. The Morgan fingerprint density at radius 1 is 1.17 bits per heavy atom. The van der Waals surface area contributed by atoms with Crippen LogP contribution in [0.2, 0.25) is 0 Å². The number of nitrogens with one attached hydrogen (secondary N) is 1. The molecule has 0 saturated heterocycles. The largest absolute Gasteiger partial charge is 0.325 e. The molecule has 0 saturated carbocycles. The lowest BCUT2D eigenvalue weighted by atomic mass is 9.95. The topological polar surface area (TPSA) is 113 Å². The number of nitrogens with two attached hydrogens (primary N) is 1. The van der Waals surface area contributed by atoms with E-state index >= 15 is 0 Å². The van der Waals surface area contributed by atoms with Crippen molar-refractivity contribution in [2.75, 3.05) is 0 Å². The number of aryl methyl sites for hydroxylation is 2. The lowest BCUT2D eigenvalue weighted by Crippen LogP contribution is -2.13. The van der Waals surface area contributed by atoms with E-state index < -0.39 is 0 Å². The highest BCUT2D eigenvalue weighted by molar-refractivity contribution is 5.91. The number of fused-ring (bicyclic) bond motifs is 1. The molecule has 0 spiro atoms. The van der Waals surface area contributed by atoms with Crippen LogP contribution in [-0.2, 0) is 20.0 Å². The second kappa shape index (κ2) is 7.34. The number of nitrogens with zero attached hydrogens (tertiary/aromatic N) is 4. The summed E-state index contributed by atoms with van der Waals surface area (Å²) in [6.45, 7) is 2.30. The van der Waals surface area contributed by atoms with Crippen LogP contribution < -0.4 is 11.3 Å². The van der Waals surface area contributed by atoms with Crippen molar-refractivity contribution in [3.8, 4) is 28.5 Å². The Balaban J connectivity index is 1.98. The standard InChI is InChI=1S/C22H20N6O/c1-3-13-4-5-15(10-23)17(8-13)21-19(12-25-28(21)2)14-6-7-16-18(9-14)20(11-24)26-27-22(16)29/h4-9,12H,3,11,24H2,1-2H3,(H,27,29). The van der Waals surface area contributed by atoms with Crippen molar-refractivity contribution < 1.29 is 0 Å². The summed E-state index contributed by atoms with van der Waals surface area (Å²) in [5, 5.41) is 21.9. The van der Waals surface area contributed by atoms with E-state index in [2.05, 4.69) is 28.3 Å². The van der Waals surface area contributed by atoms with E-state index in [0.29, 0.717) is 22.0 Å². The first-order valence-electron chi connectivity index (χ1n) is 9.34. The molecule has 0 aliphatic heterocycles. The molecule has 0 amide bonds. The molecule has 4 rings (SSSR count). The predicted octanol–water partition coefficient (Wildman–Crippen LogP) is 2.88. The van der Waals surface area contributed by atoms with Gasteiger partial charge in [0.05, 0.1) is 34.6 Å². The maximum absolute atomic E-state index is 12.1. The molecule has 2 heterocycles. The van der Waals surface area contributed by atoms with E-state index in [1.165, 1.54) is 0 Å². The summed E-state index contributed by atoms with van der Waals surface area (Å²) in [6.07, 6.45) is 2.65. The van der Waals surface area contributed by atoms with Crippen molar-refractivity contribution in [2.24, 2.45) is 12.8 Å². The highest BCUT2D eigenvalue weighted by Gasteiger charge is 2.18. The number of rotatable bonds is 4. The Bertz CT molecular complexity index is 1330. The smallest absolute Gasteiger partial charge is 0.272 e. The first-order chi connectivity index (χ1) is 14.1. The van der Waals surface area contributed by atoms with Crippen molar-refractivity contribution in [3.05, 3.63) is 69.8 Å². The van der Waals surface area contributed by atoms with Gasteiger partial charge in [0, 0.05) is 30.1 Å². The van der Waals surface area contributed by atoms with Gasteiger partial charge in [0.25, 0.3) is 5.56 Å². The van der Waals surface area contributed by atoms with Gasteiger partial charge < -0.3 is 5.73 Å². The summed E-state index contributed by atoms with van der Waals surface area (Å²) in [6, 6.07) is 13.7. The first kappa shape index (κ1) is 18.6. The maximum Gasteiger partial charge on any atom is 0.272 e. The van der Waals surface area contributed by atoms with Gasteiger partial charge in [0.2, 0.25) is 0 Å². The van der Waals surface area contributed by atoms with Gasteiger partial charge in [-0.05, 0) is 41.8 Å².